The predicted molar refractivity (Wildman–Crippen MR) is 70.1 cm³/mol. The minimum atomic E-state index is -0.638. The van der Waals surface area contributed by atoms with Crippen LogP contribution in [0, 0.1) is 0 Å². The van der Waals surface area contributed by atoms with Crippen LogP contribution in [0.4, 0.5) is 0 Å². The van der Waals surface area contributed by atoms with E-state index in [2.05, 4.69) is 33.0 Å². The number of hydrogen-bond donors (Lipinski definition) is 2. The molecule has 2 atom stereocenters. The normalized spacial score (nSPS) is 28.3. The van der Waals surface area contributed by atoms with Gasteiger partial charge in [-0.2, -0.15) is 11.8 Å². The lowest BCUT2D eigenvalue weighted by Crippen LogP contribution is -2.45. The van der Waals surface area contributed by atoms with Crippen molar-refractivity contribution in [3.8, 4) is 0 Å². The standard InChI is InChI=1S/C12H25NO2S/c1-10(7-16-11(2,3)4)13-8-12(14)5-6-15-9-12/h10,13-14H,5-9H2,1-4H3. The van der Waals surface area contributed by atoms with Crippen LogP contribution in [0.1, 0.15) is 34.1 Å². The summed E-state index contributed by atoms with van der Waals surface area (Å²) in [6.07, 6.45) is 0.749. The molecule has 0 aliphatic carbocycles. The third kappa shape index (κ3) is 5.53. The van der Waals surface area contributed by atoms with Crippen molar-refractivity contribution >= 4 is 11.8 Å². The molecule has 2 unspecified atom stereocenters. The van der Waals surface area contributed by atoms with Crippen LogP contribution in [-0.4, -0.2) is 47.0 Å². The number of nitrogens with one attached hydrogen (secondary N) is 1. The van der Waals surface area contributed by atoms with E-state index in [-0.39, 0.29) is 0 Å². The molecule has 3 nitrogen and oxygen atoms in total. The van der Waals surface area contributed by atoms with Gasteiger partial charge in [0.1, 0.15) is 5.60 Å². The van der Waals surface area contributed by atoms with Crippen LogP contribution in [0.3, 0.4) is 0 Å². The summed E-state index contributed by atoms with van der Waals surface area (Å²) in [6.45, 7) is 10.6. The van der Waals surface area contributed by atoms with Gasteiger partial charge in [0, 0.05) is 36.1 Å². The third-order valence-corrected chi connectivity index (χ3v) is 4.16. The summed E-state index contributed by atoms with van der Waals surface area (Å²) in [4.78, 5) is 0. The molecule has 2 N–H and O–H groups in total. The smallest absolute Gasteiger partial charge is 0.102 e. The van der Waals surface area contributed by atoms with Crippen LogP contribution in [0.25, 0.3) is 0 Å². The molecule has 1 rings (SSSR count). The highest BCUT2D eigenvalue weighted by Gasteiger charge is 2.32. The Bertz CT molecular complexity index is 210. The molecule has 0 aromatic carbocycles. The van der Waals surface area contributed by atoms with Crippen LogP contribution >= 0.6 is 11.8 Å². The maximum absolute atomic E-state index is 10.1. The lowest BCUT2D eigenvalue weighted by molar-refractivity contribution is 0.0257. The van der Waals surface area contributed by atoms with E-state index in [9.17, 15) is 5.11 Å². The van der Waals surface area contributed by atoms with Crippen molar-refractivity contribution in [3.63, 3.8) is 0 Å². The fourth-order valence-electron chi connectivity index (χ4n) is 1.53. The summed E-state index contributed by atoms with van der Waals surface area (Å²) >= 11 is 1.95. The Morgan fingerprint density at radius 2 is 2.19 bits per heavy atom. The van der Waals surface area contributed by atoms with E-state index in [1.807, 2.05) is 11.8 Å². The summed E-state index contributed by atoms with van der Waals surface area (Å²) in [5, 5.41) is 13.5. The second-order valence-corrected chi connectivity index (χ2v) is 7.58. The zero-order valence-electron chi connectivity index (χ0n) is 10.9. The maximum Gasteiger partial charge on any atom is 0.102 e. The molecule has 4 heteroatoms. The van der Waals surface area contributed by atoms with Crippen molar-refractivity contribution in [1.82, 2.24) is 5.32 Å². The van der Waals surface area contributed by atoms with E-state index in [0.717, 1.165) is 12.2 Å². The molecule has 16 heavy (non-hydrogen) atoms. The van der Waals surface area contributed by atoms with Gasteiger partial charge >= 0.3 is 0 Å². The summed E-state index contributed by atoms with van der Waals surface area (Å²) in [5.74, 6) is 1.07. The fraction of sp³-hybridized carbons (Fsp3) is 1.00. The average molecular weight is 247 g/mol. The molecule has 0 spiro atoms. The molecule has 1 heterocycles. The Kier molecular flexibility index (Phi) is 5.10. The van der Waals surface area contributed by atoms with E-state index in [4.69, 9.17) is 4.74 Å². The molecule has 0 bridgehead atoms. The van der Waals surface area contributed by atoms with Gasteiger partial charge in [-0.25, -0.2) is 0 Å². The first-order valence-corrected chi connectivity index (χ1v) is 6.97. The lowest BCUT2D eigenvalue weighted by Gasteiger charge is -2.25. The van der Waals surface area contributed by atoms with Gasteiger partial charge in [0.05, 0.1) is 6.61 Å². The first-order valence-electron chi connectivity index (χ1n) is 5.98. The first-order chi connectivity index (χ1) is 7.31. The van der Waals surface area contributed by atoms with Crippen molar-refractivity contribution in [3.05, 3.63) is 0 Å². The summed E-state index contributed by atoms with van der Waals surface area (Å²) < 4.78 is 5.52. The summed E-state index contributed by atoms with van der Waals surface area (Å²) in [5.41, 5.74) is -0.638. The second-order valence-electron chi connectivity index (χ2n) is 5.73. The van der Waals surface area contributed by atoms with Crippen LogP contribution < -0.4 is 5.32 Å². The zero-order chi connectivity index (χ0) is 12.2. The Morgan fingerprint density at radius 3 is 2.69 bits per heavy atom. The van der Waals surface area contributed by atoms with Crippen LogP contribution in [-0.2, 0) is 4.74 Å². The quantitative estimate of drug-likeness (QED) is 0.775. The minimum Gasteiger partial charge on any atom is -0.386 e. The van der Waals surface area contributed by atoms with Crippen molar-refractivity contribution in [1.29, 1.82) is 0 Å². The molecule has 1 fully saturated rings. The van der Waals surface area contributed by atoms with Crippen LogP contribution in [0.15, 0.2) is 0 Å². The molecule has 0 amide bonds. The van der Waals surface area contributed by atoms with Gasteiger partial charge in [0.15, 0.2) is 0 Å². The third-order valence-electron chi connectivity index (χ3n) is 2.63. The topological polar surface area (TPSA) is 41.5 Å². The molecular weight excluding hydrogens is 222 g/mol. The number of ether oxygens (including phenoxy) is 1. The minimum absolute atomic E-state index is 0.309. The maximum atomic E-state index is 10.1. The number of aliphatic hydroxyl groups is 1. The summed E-state index contributed by atoms with van der Waals surface area (Å²) in [6, 6.07) is 0.425. The first kappa shape index (κ1) is 14.3. The average Bonchev–Trinajstić information content (AvgIpc) is 2.59. The highest BCUT2D eigenvalue weighted by atomic mass is 32.2. The summed E-state index contributed by atoms with van der Waals surface area (Å²) in [7, 11) is 0. The zero-order valence-corrected chi connectivity index (χ0v) is 11.7. The van der Waals surface area contributed by atoms with Crippen molar-refractivity contribution in [2.45, 2.75) is 50.5 Å². The second kappa shape index (κ2) is 5.71. The monoisotopic (exact) mass is 247 g/mol. The van der Waals surface area contributed by atoms with E-state index in [1.54, 1.807) is 0 Å². The Labute approximate surface area is 103 Å². The largest absolute Gasteiger partial charge is 0.386 e. The van der Waals surface area contributed by atoms with E-state index in [1.165, 1.54) is 0 Å². The van der Waals surface area contributed by atoms with Gasteiger partial charge in [0.25, 0.3) is 0 Å². The molecule has 1 aliphatic heterocycles. The number of rotatable bonds is 5. The van der Waals surface area contributed by atoms with Gasteiger partial charge < -0.3 is 15.2 Å². The van der Waals surface area contributed by atoms with Crippen molar-refractivity contribution < 1.29 is 9.84 Å². The number of thioether (sulfide) groups is 1. The molecule has 0 radical (unpaired) electrons. The van der Waals surface area contributed by atoms with Crippen molar-refractivity contribution in [2.24, 2.45) is 0 Å². The molecule has 0 saturated carbocycles. The van der Waals surface area contributed by atoms with Gasteiger partial charge in [-0.05, 0) is 6.92 Å². The van der Waals surface area contributed by atoms with E-state index >= 15 is 0 Å². The molecule has 96 valence electrons. The molecule has 1 aliphatic rings. The van der Waals surface area contributed by atoms with Gasteiger partial charge in [-0.3, -0.25) is 0 Å². The molecular formula is C12H25NO2S. The molecule has 0 aromatic heterocycles. The van der Waals surface area contributed by atoms with Gasteiger partial charge in [-0.1, -0.05) is 20.8 Å². The highest BCUT2D eigenvalue weighted by molar-refractivity contribution is 8.00. The SMILES string of the molecule is CC(CSC(C)(C)C)NCC1(O)CCOC1. The molecule has 0 aromatic rings. The highest BCUT2D eigenvalue weighted by Crippen LogP contribution is 2.24. The lowest BCUT2D eigenvalue weighted by atomic mass is 10.0. The number of hydrogen-bond acceptors (Lipinski definition) is 4. The Morgan fingerprint density at radius 1 is 1.50 bits per heavy atom. The van der Waals surface area contributed by atoms with Crippen molar-refractivity contribution in [2.75, 3.05) is 25.5 Å². The van der Waals surface area contributed by atoms with E-state index < -0.39 is 5.60 Å². The molecule has 1 saturated heterocycles. The fourth-order valence-corrected chi connectivity index (χ4v) is 2.40. The van der Waals surface area contributed by atoms with Crippen LogP contribution in [0.2, 0.25) is 0 Å². The van der Waals surface area contributed by atoms with E-state index in [0.29, 0.717) is 30.5 Å². The Hall–Kier alpha value is 0.230. The van der Waals surface area contributed by atoms with Gasteiger partial charge in [0.2, 0.25) is 0 Å². The van der Waals surface area contributed by atoms with Crippen LogP contribution in [0.5, 0.6) is 0 Å². The van der Waals surface area contributed by atoms with Gasteiger partial charge in [-0.15, -0.1) is 0 Å². The predicted octanol–water partition coefficient (Wildman–Crippen LogP) is 1.65. The Balaban J connectivity index is 2.17.